The largest absolute Gasteiger partial charge is 0.256 e. The molecule has 0 aliphatic rings. The molecule has 0 saturated carbocycles. The van der Waals surface area contributed by atoms with Crippen LogP contribution in [0.1, 0.15) is 5.56 Å². The first-order valence-electron chi connectivity index (χ1n) is 13.3. The lowest BCUT2D eigenvalue weighted by atomic mass is 9.90. The molecule has 0 amide bonds. The normalized spacial score (nSPS) is 11.5. The van der Waals surface area contributed by atoms with Gasteiger partial charge in [-0.25, -0.2) is 4.98 Å². The molecule has 0 saturated heterocycles. The van der Waals surface area contributed by atoms with Crippen molar-refractivity contribution < 1.29 is 0 Å². The fourth-order valence-electron chi connectivity index (χ4n) is 6.17. The van der Waals surface area contributed by atoms with Crippen LogP contribution in [0.2, 0.25) is 0 Å². The van der Waals surface area contributed by atoms with Gasteiger partial charge in [0.1, 0.15) is 0 Å². The van der Waals surface area contributed by atoms with Gasteiger partial charge in [-0.2, -0.15) is 5.26 Å². The highest BCUT2D eigenvalue weighted by Gasteiger charge is 2.18. The zero-order valence-corrected chi connectivity index (χ0v) is 21.5. The molecule has 3 nitrogen and oxygen atoms in total. The number of para-hydroxylation sites is 1. The highest BCUT2D eigenvalue weighted by molar-refractivity contribution is 6.32. The van der Waals surface area contributed by atoms with Crippen molar-refractivity contribution in [3.8, 4) is 28.5 Å². The minimum Gasteiger partial charge on any atom is -0.256 e. The molecule has 0 N–H and O–H groups in total. The van der Waals surface area contributed by atoms with Crippen molar-refractivity contribution in [2.24, 2.45) is 0 Å². The number of fused-ring (bicyclic) bond motifs is 9. The maximum Gasteiger partial charge on any atom is 0.0998 e. The average Bonchev–Trinajstić information content (AvgIpc) is 3.03. The molecule has 0 unspecified atom stereocenters. The molecule has 0 bridgehead atoms. The smallest absolute Gasteiger partial charge is 0.0998 e. The van der Waals surface area contributed by atoms with E-state index in [9.17, 15) is 5.26 Å². The zero-order valence-electron chi connectivity index (χ0n) is 21.5. The van der Waals surface area contributed by atoms with Crippen molar-refractivity contribution in [2.75, 3.05) is 0 Å². The third-order valence-corrected chi connectivity index (χ3v) is 7.91. The molecule has 6 aromatic carbocycles. The molecule has 0 aliphatic carbocycles. The number of benzene rings is 6. The predicted molar refractivity (Wildman–Crippen MR) is 165 cm³/mol. The summed E-state index contributed by atoms with van der Waals surface area (Å²) in [6.07, 6.45) is 1.87. The van der Waals surface area contributed by atoms with E-state index in [0.29, 0.717) is 5.56 Å². The summed E-state index contributed by atoms with van der Waals surface area (Å²) in [4.78, 5) is 10.1. The van der Waals surface area contributed by atoms with Crippen LogP contribution in [-0.4, -0.2) is 9.97 Å². The first kappa shape index (κ1) is 22.4. The summed E-state index contributed by atoms with van der Waals surface area (Å²) in [7, 11) is 0. The van der Waals surface area contributed by atoms with Crippen molar-refractivity contribution >= 4 is 54.1 Å². The van der Waals surface area contributed by atoms with Crippen LogP contribution >= 0.6 is 0 Å². The van der Waals surface area contributed by atoms with Gasteiger partial charge in [0.25, 0.3) is 0 Å². The van der Waals surface area contributed by atoms with Gasteiger partial charge in [0.15, 0.2) is 0 Å². The van der Waals surface area contributed by atoms with Gasteiger partial charge in [-0.3, -0.25) is 4.98 Å². The Labute approximate surface area is 230 Å². The Kier molecular flexibility index (Phi) is 4.89. The number of nitrogens with zero attached hydrogens (tertiary/aromatic N) is 3. The molecule has 0 radical (unpaired) electrons. The Morgan fingerprint density at radius 1 is 0.525 bits per heavy atom. The molecule has 8 aromatic rings. The average molecular weight is 508 g/mol. The number of nitriles is 1. The second kappa shape index (κ2) is 8.73. The highest BCUT2D eigenvalue weighted by Crippen LogP contribution is 2.42. The number of hydrogen-bond donors (Lipinski definition) is 0. The van der Waals surface area contributed by atoms with Crippen molar-refractivity contribution in [3.63, 3.8) is 0 Å². The number of rotatable bonds is 2. The van der Waals surface area contributed by atoms with Gasteiger partial charge < -0.3 is 0 Å². The molecule has 0 aliphatic heterocycles. The standard InChI is InChI=1S/C37H21N3/c38-22-25-18-19-27(28-12-2-1-11-26(25)28)23-9-7-10-24(21-23)36-35-29-13-3-4-14-30(29)37-32(16-8-20-39-37)34(35)31-15-5-6-17-33(31)40-36/h1-21H. The molecule has 184 valence electrons. The van der Waals surface area contributed by atoms with E-state index in [4.69, 9.17) is 9.97 Å². The molecule has 0 atom stereocenters. The van der Waals surface area contributed by atoms with Gasteiger partial charge in [-0.1, -0.05) is 97.1 Å². The summed E-state index contributed by atoms with van der Waals surface area (Å²) >= 11 is 0. The topological polar surface area (TPSA) is 49.6 Å². The second-order valence-electron chi connectivity index (χ2n) is 10.1. The molecule has 40 heavy (non-hydrogen) atoms. The highest BCUT2D eigenvalue weighted by atomic mass is 14.7. The minimum absolute atomic E-state index is 0.685. The SMILES string of the molecule is N#Cc1ccc(-c2cccc(-c3nc4ccccc4c4c5cccnc5c5ccccc5c34)c2)c2ccccc12. The molecule has 2 heterocycles. The van der Waals surface area contributed by atoms with Crippen LogP contribution in [0.4, 0.5) is 0 Å². The van der Waals surface area contributed by atoms with E-state index in [1.54, 1.807) is 0 Å². The summed E-state index contributed by atoms with van der Waals surface area (Å²) < 4.78 is 0. The van der Waals surface area contributed by atoms with Crippen LogP contribution in [0.25, 0.3) is 76.5 Å². The van der Waals surface area contributed by atoms with Crippen molar-refractivity contribution in [3.05, 3.63) is 133 Å². The molecular weight excluding hydrogens is 486 g/mol. The Balaban J connectivity index is 1.50. The number of pyridine rings is 2. The van der Waals surface area contributed by atoms with E-state index in [0.717, 1.165) is 71.1 Å². The molecule has 8 rings (SSSR count). The summed E-state index contributed by atoms with van der Waals surface area (Å²) in [6, 6.07) is 44.1. The third-order valence-electron chi connectivity index (χ3n) is 7.91. The Morgan fingerprint density at radius 2 is 1.23 bits per heavy atom. The molecule has 0 fully saturated rings. The molecule has 2 aromatic heterocycles. The Bertz CT molecular complexity index is 2340. The van der Waals surface area contributed by atoms with Crippen molar-refractivity contribution in [1.82, 2.24) is 9.97 Å². The quantitative estimate of drug-likeness (QED) is 0.219. The van der Waals surface area contributed by atoms with Gasteiger partial charge in [0.05, 0.1) is 28.4 Å². The van der Waals surface area contributed by atoms with Crippen LogP contribution in [0.5, 0.6) is 0 Å². The van der Waals surface area contributed by atoms with Crippen molar-refractivity contribution in [2.45, 2.75) is 0 Å². The van der Waals surface area contributed by atoms with E-state index in [-0.39, 0.29) is 0 Å². The van der Waals surface area contributed by atoms with Crippen LogP contribution in [0.3, 0.4) is 0 Å². The summed E-state index contributed by atoms with van der Waals surface area (Å²) in [5.74, 6) is 0. The number of hydrogen-bond acceptors (Lipinski definition) is 3. The second-order valence-corrected chi connectivity index (χ2v) is 10.1. The maximum absolute atomic E-state index is 9.68. The fourth-order valence-corrected chi connectivity index (χ4v) is 6.17. The van der Waals surface area contributed by atoms with Crippen LogP contribution < -0.4 is 0 Å². The van der Waals surface area contributed by atoms with E-state index in [2.05, 4.69) is 91.0 Å². The van der Waals surface area contributed by atoms with Gasteiger partial charge in [-0.15, -0.1) is 0 Å². The monoisotopic (exact) mass is 507 g/mol. The third kappa shape index (κ3) is 3.24. The van der Waals surface area contributed by atoms with E-state index in [1.807, 2.05) is 42.6 Å². The maximum atomic E-state index is 9.68. The van der Waals surface area contributed by atoms with Gasteiger partial charge >= 0.3 is 0 Å². The predicted octanol–water partition coefficient (Wildman–Crippen LogP) is 9.45. The molecule has 0 spiro atoms. The first-order valence-corrected chi connectivity index (χ1v) is 13.3. The lowest BCUT2D eigenvalue weighted by Crippen LogP contribution is -1.94. The van der Waals surface area contributed by atoms with Crippen LogP contribution in [-0.2, 0) is 0 Å². The Morgan fingerprint density at radius 3 is 2.08 bits per heavy atom. The Hall–Kier alpha value is -5.59. The lowest BCUT2D eigenvalue weighted by Gasteiger charge is -2.16. The van der Waals surface area contributed by atoms with Crippen LogP contribution in [0.15, 0.2) is 128 Å². The summed E-state index contributed by atoms with van der Waals surface area (Å²) in [5.41, 5.74) is 6.84. The van der Waals surface area contributed by atoms with Gasteiger partial charge in [0, 0.05) is 44.1 Å². The van der Waals surface area contributed by atoms with Crippen LogP contribution in [0, 0.1) is 11.3 Å². The lowest BCUT2D eigenvalue weighted by molar-refractivity contribution is 1.42. The fraction of sp³-hybridized carbons (Fsp3) is 0. The summed E-state index contributed by atoms with van der Waals surface area (Å²) in [5, 5.41) is 18.5. The van der Waals surface area contributed by atoms with E-state index in [1.165, 1.54) is 5.39 Å². The first-order chi connectivity index (χ1) is 19.8. The summed E-state index contributed by atoms with van der Waals surface area (Å²) in [6.45, 7) is 0. The van der Waals surface area contributed by atoms with E-state index < -0.39 is 0 Å². The van der Waals surface area contributed by atoms with Gasteiger partial charge in [-0.05, 0) is 46.2 Å². The number of aromatic nitrogens is 2. The van der Waals surface area contributed by atoms with Crippen molar-refractivity contribution in [1.29, 1.82) is 5.26 Å². The zero-order chi connectivity index (χ0) is 26.6. The minimum atomic E-state index is 0.685. The van der Waals surface area contributed by atoms with Gasteiger partial charge in [0.2, 0.25) is 0 Å². The molecular formula is C37H21N3. The molecule has 3 heteroatoms. The van der Waals surface area contributed by atoms with E-state index >= 15 is 0 Å².